The molecule has 110 valence electrons. The maximum absolute atomic E-state index is 11.8. The lowest BCUT2D eigenvalue weighted by molar-refractivity contribution is 0.0696. The van der Waals surface area contributed by atoms with Crippen molar-refractivity contribution in [3.05, 3.63) is 29.3 Å². The van der Waals surface area contributed by atoms with Gasteiger partial charge in [0.05, 0.1) is 5.56 Å². The molecule has 1 aromatic rings. The van der Waals surface area contributed by atoms with Gasteiger partial charge in [0, 0.05) is 12.2 Å². The number of carboxylic acid groups (broad SMARTS) is 1. The van der Waals surface area contributed by atoms with Crippen LogP contribution in [0.25, 0.3) is 0 Å². The van der Waals surface area contributed by atoms with Crippen molar-refractivity contribution >= 4 is 17.7 Å². The lowest BCUT2D eigenvalue weighted by atomic mass is 9.92. The predicted octanol–water partition coefficient (Wildman–Crippen LogP) is 3.25. The smallest absolute Gasteiger partial charge is 0.336 e. The lowest BCUT2D eigenvalue weighted by Crippen LogP contribution is -2.31. The van der Waals surface area contributed by atoms with Gasteiger partial charge in [0.15, 0.2) is 0 Å². The van der Waals surface area contributed by atoms with E-state index in [0.29, 0.717) is 17.8 Å². The molecule has 0 aliphatic rings. The number of hydrogen-bond acceptors (Lipinski definition) is 2. The van der Waals surface area contributed by atoms with E-state index in [9.17, 15) is 9.59 Å². The van der Waals surface area contributed by atoms with E-state index in [-0.39, 0.29) is 17.0 Å². The zero-order chi connectivity index (χ0) is 15.3. The third-order valence-corrected chi connectivity index (χ3v) is 2.97. The van der Waals surface area contributed by atoms with Gasteiger partial charge in [0.2, 0.25) is 0 Å². The Bertz CT molecular complexity index is 504. The summed E-state index contributed by atoms with van der Waals surface area (Å²) in [6.07, 6.45) is 0.870. The van der Waals surface area contributed by atoms with Crippen molar-refractivity contribution in [3.63, 3.8) is 0 Å². The first-order valence-corrected chi connectivity index (χ1v) is 6.58. The zero-order valence-corrected chi connectivity index (χ0v) is 12.4. The second-order valence-corrected chi connectivity index (χ2v) is 5.97. The quantitative estimate of drug-likeness (QED) is 0.791. The Kier molecular flexibility index (Phi) is 5.13. The van der Waals surface area contributed by atoms with E-state index in [1.165, 1.54) is 6.07 Å². The Balaban J connectivity index is 2.63. The largest absolute Gasteiger partial charge is 0.478 e. The van der Waals surface area contributed by atoms with Crippen LogP contribution in [0, 0.1) is 12.3 Å². The van der Waals surface area contributed by atoms with Crippen LogP contribution in [0.4, 0.5) is 10.5 Å². The van der Waals surface area contributed by atoms with E-state index in [1.54, 1.807) is 19.1 Å². The van der Waals surface area contributed by atoms with Gasteiger partial charge in [-0.15, -0.1) is 0 Å². The molecule has 0 aliphatic heterocycles. The number of carboxylic acids is 1. The number of carbonyl (C=O) groups is 2. The van der Waals surface area contributed by atoms with E-state index in [4.69, 9.17) is 5.11 Å². The Morgan fingerprint density at radius 2 is 1.90 bits per heavy atom. The van der Waals surface area contributed by atoms with Crippen LogP contribution >= 0.6 is 0 Å². The number of amides is 2. The van der Waals surface area contributed by atoms with E-state index in [0.717, 1.165) is 6.42 Å². The van der Waals surface area contributed by atoms with Crippen LogP contribution in [0.2, 0.25) is 0 Å². The molecule has 0 fully saturated rings. The van der Waals surface area contributed by atoms with Gasteiger partial charge in [-0.05, 0) is 36.5 Å². The van der Waals surface area contributed by atoms with E-state index >= 15 is 0 Å². The van der Waals surface area contributed by atoms with Gasteiger partial charge in [-0.3, -0.25) is 0 Å². The topological polar surface area (TPSA) is 78.4 Å². The lowest BCUT2D eigenvalue weighted by Gasteiger charge is -2.18. The zero-order valence-electron chi connectivity index (χ0n) is 12.4. The monoisotopic (exact) mass is 278 g/mol. The number of hydrogen-bond donors (Lipinski definition) is 3. The molecule has 2 amide bonds. The fourth-order valence-corrected chi connectivity index (χ4v) is 1.72. The average Bonchev–Trinajstić information content (AvgIpc) is 2.29. The summed E-state index contributed by atoms with van der Waals surface area (Å²) < 4.78 is 0. The molecule has 20 heavy (non-hydrogen) atoms. The van der Waals surface area contributed by atoms with Crippen molar-refractivity contribution in [1.29, 1.82) is 0 Å². The molecule has 0 saturated carbocycles. The summed E-state index contributed by atoms with van der Waals surface area (Å²) in [7, 11) is 0. The van der Waals surface area contributed by atoms with Crippen LogP contribution in [0.1, 0.15) is 43.1 Å². The summed E-state index contributed by atoms with van der Waals surface area (Å²) in [6.45, 7) is 8.56. The molecule has 3 N–H and O–H groups in total. The Morgan fingerprint density at radius 3 is 2.45 bits per heavy atom. The van der Waals surface area contributed by atoms with Crippen LogP contribution in [-0.2, 0) is 0 Å². The summed E-state index contributed by atoms with van der Waals surface area (Å²) in [5.41, 5.74) is 1.41. The first-order valence-electron chi connectivity index (χ1n) is 6.58. The van der Waals surface area contributed by atoms with Crippen molar-refractivity contribution in [3.8, 4) is 0 Å². The number of anilines is 1. The number of urea groups is 1. The SMILES string of the molecule is Cc1c(NC(=O)NCCC(C)(C)C)cccc1C(=O)O. The summed E-state index contributed by atoms with van der Waals surface area (Å²) >= 11 is 0. The minimum absolute atomic E-state index is 0.159. The van der Waals surface area contributed by atoms with Gasteiger partial charge in [-0.25, -0.2) is 9.59 Å². The van der Waals surface area contributed by atoms with Crippen molar-refractivity contribution in [1.82, 2.24) is 5.32 Å². The average molecular weight is 278 g/mol. The van der Waals surface area contributed by atoms with Gasteiger partial charge < -0.3 is 15.7 Å². The number of rotatable bonds is 4. The molecule has 0 aromatic heterocycles. The second-order valence-electron chi connectivity index (χ2n) is 5.97. The fraction of sp³-hybridized carbons (Fsp3) is 0.467. The molecule has 1 aromatic carbocycles. The van der Waals surface area contributed by atoms with Crippen molar-refractivity contribution < 1.29 is 14.7 Å². The molecule has 1 rings (SSSR count). The molecule has 0 spiro atoms. The van der Waals surface area contributed by atoms with Gasteiger partial charge in [0.25, 0.3) is 0 Å². The summed E-state index contributed by atoms with van der Waals surface area (Å²) in [4.78, 5) is 22.8. The van der Waals surface area contributed by atoms with Crippen LogP contribution in [0.5, 0.6) is 0 Å². The highest BCUT2D eigenvalue weighted by Gasteiger charge is 2.13. The maximum atomic E-state index is 11.8. The molecule has 0 heterocycles. The second kappa shape index (κ2) is 6.41. The van der Waals surface area contributed by atoms with Crippen LogP contribution in [0.3, 0.4) is 0 Å². The highest BCUT2D eigenvalue weighted by molar-refractivity contribution is 5.95. The molecular weight excluding hydrogens is 256 g/mol. The van der Waals surface area contributed by atoms with Gasteiger partial charge in [-0.1, -0.05) is 26.8 Å². The standard InChI is InChI=1S/C15H22N2O3/c1-10-11(13(18)19)6-5-7-12(10)17-14(20)16-9-8-15(2,3)4/h5-7H,8-9H2,1-4H3,(H,18,19)(H2,16,17,20). The molecule has 0 radical (unpaired) electrons. The van der Waals surface area contributed by atoms with E-state index < -0.39 is 5.97 Å². The third kappa shape index (κ3) is 4.91. The van der Waals surface area contributed by atoms with E-state index in [1.807, 2.05) is 0 Å². The molecule has 0 bridgehead atoms. The molecule has 5 heteroatoms. The van der Waals surface area contributed by atoms with Gasteiger partial charge in [-0.2, -0.15) is 0 Å². The Hall–Kier alpha value is -2.04. The summed E-state index contributed by atoms with van der Waals surface area (Å²) in [6, 6.07) is 4.49. The van der Waals surface area contributed by atoms with E-state index in [2.05, 4.69) is 31.4 Å². The molecule has 0 aliphatic carbocycles. The molecular formula is C15H22N2O3. The number of benzene rings is 1. The number of carbonyl (C=O) groups excluding carboxylic acids is 1. The van der Waals surface area contributed by atoms with Gasteiger partial charge >= 0.3 is 12.0 Å². The summed E-state index contributed by atoms with van der Waals surface area (Å²) in [5, 5.41) is 14.5. The van der Waals surface area contributed by atoms with Crippen LogP contribution in [0.15, 0.2) is 18.2 Å². The fourth-order valence-electron chi connectivity index (χ4n) is 1.72. The van der Waals surface area contributed by atoms with Crippen LogP contribution < -0.4 is 10.6 Å². The minimum Gasteiger partial charge on any atom is -0.478 e. The van der Waals surface area contributed by atoms with Crippen molar-refractivity contribution in [2.45, 2.75) is 34.1 Å². The molecule has 5 nitrogen and oxygen atoms in total. The molecule has 0 saturated heterocycles. The molecule has 0 atom stereocenters. The number of nitrogens with one attached hydrogen (secondary N) is 2. The maximum Gasteiger partial charge on any atom is 0.336 e. The third-order valence-electron chi connectivity index (χ3n) is 2.97. The van der Waals surface area contributed by atoms with Gasteiger partial charge in [0.1, 0.15) is 0 Å². The molecule has 0 unspecified atom stereocenters. The summed E-state index contributed by atoms with van der Waals surface area (Å²) in [5.74, 6) is -1.00. The minimum atomic E-state index is -1.00. The van der Waals surface area contributed by atoms with Crippen LogP contribution in [-0.4, -0.2) is 23.7 Å². The Labute approximate surface area is 119 Å². The number of aromatic carboxylic acids is 1. The predicted molar refractivity (Wildman–Crippen MR) is 79.2 cm³/mol. The first kappa shape index (κ1) is 16.0. The first-order chi connectivity index (χ1) is 9.20. The van der Waals surface area contributed by atoms with Crippen molar-refractivity contribution in [2.24, 2.45) is 5.41 Å². The highest BCUT2D eigenvalue weighted by Crippen LogP contribution is 2.19. The Morgan fingerprint density at radius 1 is 1.25 bits per heavy atom. The highest BCUT2D eigenvalue weighted by atomic mass is 16.4. The normalized spacial score (nSPS) is 11.0. The van der Waals surface area contributed by atoms with Crippen molar-refractivity contribution in [2.75, 3.05) is 11.9 Å².